The third-order valence-electron chi connectivity index (χ3n) is 4.82. The van der Waals surface area contributed by atoms with Crippen LogP contribution >= 0.6 is 0 Å². The summed E-state index contributed by atoms with van der Waals surface area (Å²) in [6.07, 6.45) is 5.31. The van der Waals surface area contributed by atoms with Gasteiger partial charge < -0.3 is 15.4 Å². The molecule has 2 aromatic rings. The van der Waals surface area contributed by atoms with Crippen LogP contribution in [-0.2, 0) is 4.79 Å². The van der Waals surface area contributed by atoms with Crippen molar-refractivity contribution in [2.24, 2.45) is 5.92 Å². The van der Waals surface area contributed by atoms with Crippen LogP contribution in [0.2, 0.25) is 0 Å². The monoisotopic (exact) mass is 336 g/mol. The van der Waals surface area contributed by atoms with E-state index in [0.717, 1.165) is 25.7 Å². The highest BCUT2D eigenvalue weighted by Gasteiger charge is 2.23. The van der Waals surface area contributed by atoms with E-state index in [0.29, 0.717) is 28.4 Å². The van der Waals surface area contributed by atoms with Gasteiger partial charge >= 0.3 is 0 Å². The van der Waals surface area contributed by atoms with Crippen LogP contribution in [0.25, 0.3) is 0 Å². The second kappa shape index (κ2) is 6.59. The van der Waals surface area contributed by atoms with Crippen molar-refractivity contribution in [2.45, 2.75) is 32.1 Å². The van der Waals surface area contributed by atoms with Crippen molar-refractivity contribution in [3.8, 4) is 11.5 Å². The highest BCUT2D eigenvalue weighted by atomic mass is 16.5. The Morgan fingerprint density at radius 3 is 2.68 bits per heavy atom. The molecule has 2 aliphatic rings. The highest BCUT2D eigenvalue weighted by molar-refractivity contribution is 6.09. The Morgan fingerprint density at radius 2 is 1.84 bits per heavy atom. The first kappa shape index (κ1) is 15.7. The second-order valence-electron chi connectivity index (χ2n) is 6.59. The molecule has 0 atom stereocenters. The van der Waals surface area contributed by atoms with Crippen LogP contribution in [0.4, 0.5) is 11.4 Å². The van der Waals surface area contributed by atoms with Crippen LogP contribution in [0.5, 0.6) is 11.5 Å². The van der Waals surface area contributed by atoms with Gasteiger partial charge in [0.2, 0.25) is 5.91 Å². The van der Waals surface area contributed by atoms with Crippen molar-refractivity contribution < 1.29 is 14.3 Å². The van der Waals surface area contributed by atoms with Gasteiger partial charge in [-0.1, -0.05) is 31.4 Å². The molecule has 2 N–H and O–H groups in total. The van der Waals surface area contributed by atoms with Gasteiger partial charge in [0.1, 0.15) is 5.75 Å². The van der Waals surface area contributed by atoms with Crippen LogP contribution in [0.3, 0.4) is 0 Å². The smallest absolute Gasteiger partial charge is 0.259 e. The van der Waals surface area contributed by atoms with Gasteiger partial charge in [0.25, 0.3) is 5.91 Å². The molecule has 5 nitrogen and oxygen atoms in total. The maximum Gasteiger partial charge on any atom is 0.259 e. The Balaban J connectivity index is 1.57. The molecule has 1 heterocycles. The van der Waals surface area contributed by atoms with Crippen molar-refractivity contribution >= 4 is 23.2 Å². The zero-order valence-corrected chi connectivity index (χ0v) is 13.9. The molecule has 0 bridgehead atoms. The summed E-state index contributed by atoms with van der Waals surface area (Å²) in [7, 11) is 0. The van der Waals surface area contributed by atoms with Crippen LogP contribution in [-0.4, -0.2) is 11.8 Å². The van der Waals surface area contributed by atoms with Gasteiger partial charge in [-0.3, -0.25) is 9.59 Å². The van der Waals surface area contributed by atoms with Gasteiger partial charge in [-0.15, -0.1) is 0 Å². The molecule has 1 aliphatic heterocycles. The number of ether oxygens (including phenoxy) is 1. The summed E-state index contributed by atoms with van der Waals surface area (Å²) in [5.74, 6) is 0.959. The van der Waals surface area contributed by atoms with Gasteiger partial charge in [0.05, 0.1) is 11.3 Å². The summed E-state index contributed by atoms with van der Waals surface area (Å²) >= 11 is 0. The summed E-state index contributed by atoms with van der Waals surface area (Å²) in [4.78, 5) is 24.9. The first-order valence-corrected chi connectivity index (χ1v) is 8.74. The fraction of sp³-hybridized carbons (Fsp3) is 0.300. The summed E-state index contributed by atoms with van der Waals surface area (Å²) < 4.78 is 5.85. The number of nitrogens with one attached hydrogen (secondary N) is 2. The molecule has 0 radical (unpaired) electrons. The Morgan fingerprint density at radius 1 is 1.04 bits per heavy atom. The first-order chi connectivity index (χ1) is 12.2. The lowest BCUT2D eigenvalue weighted by Crippen LogP contribution is -2.24. The van der Waals surface area contributed by atoms with E-state index in [4.69, 9.17) is 4.74 Å². The van der Waals surface area contributed by atoms with Crippen molar-refractivity contribution in [2.75, 3.05) is 10.6 Å². The van der Waals surface area contributed by atoms with E-state index in [9.17, 15) is 9.59 Å². The summed E-state index contributed by atoms with van der Waals surface area (Å²) in [6, 6.07) is 12.5. The fourth-order valence-corrected chi connectivity index (χ4v) is 3.45. The summed E-state index contributed by atoms with van der Waals surface area (Å²) in [5.41, 5.74) is 1.67. The van der Waals surface area contributed by atoms with Crippen molar-refractivity contribution in [3.63, 3.8) is 0 Å². The van der Waals surface area contributed by atoms with E-state index in [2.05, 4.69) is 10.6 Å². The number of hydrogen-bond acceptors (Lipinski definition) is 3. The van der Waals surface area contributed by atoms with Crippen molar-refractivity contribution in [1.82, 2.24) is 0 Å². The molecule has 1 aliphatic carbocycles. The molecular formula is C20H20N2O3. The molecule has 2 aromatic carbocycles. The Hall–Kier alpha value is -2.82. The normalized spacial score (nSPS) is 16.7. The predicted molar refractivity (Wildman–Crippen MR) is 96.1 cm³/mol. The molecule has 0 aromatic heterocycles. The van der Waals surface area contributed by atoms with E-state index < -0.39 is 0 Å². The maximum absolute atomic E-state index is 12.5. The number of fused-ring (bicyclic) bond motifs is 2. The molecule has 128 valence electrons. The van der Waals surface area contributed by atoms with Crippen molar-refractivity contribution in [1.29, 1.82) is 0 Å². The number of carbonyl (C=O) groups is 2. The van der Waals surface area contributed by atoms with Crippen LogP contribution in [0, 0.1) is 5.92 Å². The van der Waals surface area contributed by atoms with Gasteiger partial charge in [-0.25, -0.2) is 0 Å². The molecule has 5 heteroatoms. The van der Waals surface area contributed by atoms with Gasteiger partial charge in [-0.2, -0.15) is 0 Å². The van der Waals surface area contributed by atoms with Gasteiger partial charge in [-0.05, 0) is 43.2 Å². The van der Waals surface area contributed by atoms with E-state index >= 15 is 0 Å². The molecule has 0 spiro atoms. The third kappa shape index (κ3) is 3.22. The van der Waals surface area contributed by atoms with E-state index in [1.54, 1.807) is 24.3 Å². The number of carbonyl (C=O) groups excluding carboxylic acids is 2. The predicted octanol–water partition coefficient (Wildman–Crippen LogP) is 4.56. The summed E-state index contributed by atoms with van der Waals surface area (Å²) in [6.45, 7) is 0. The number of benzene rings is 2. The average Bonchev–Trinajstić information content (AvgIpc) is 2.78. The van der Waals surface area contributed by atoms with E-state index in [-0.39, 0.29) is 17.7 Å². The number of amides is 2. The third-order valence-corrected chi connectivity index (χ3v) is 4.82. The first-order valence-electron chi connectivity index (χ1n) is 8.74. The molecule has 2 amide bonds. The Labute approximate surface area is 146 Å². The average molecular weight is 336 g/mol. The van der Waals surface area contributed by atoms with E-state index in [1.165, 1.54) is 6.42 Å². The number of anilines is 2. The topological polar surface area (TPSA) is 67.4 Å². The number of para-hydroxylation sites is 2. The molecule has 0 unspecified atom stereocenters. The Kier molecular flexibility index (Phi) is 4.14. The van der Waals surface area contributed by atoms with Crippen molar-refractivity contribution in [3.05, 3.63) is 48.0 Å². The minimum Gasteiger partial charge on any atom is -0.454 e. The minimum atomic E-state index is -0.242. The van der Waals surface area contributed by atoms with Crippen LogP contribution in [0.15, 0.2) is 42.5 Å². The SMILES string of the molecule is O=C1Nc2ccccc2Oc2ccc(NC(=O)C3CCCCC3)cc21. The minimum absolute atomic E-state index is 0.0397. The van der Waals surface area contributed by atoms with Gasteiger partial charge in [0.15, 0.2) is 5.75 Å². The fourth-order valence-electron chi connectivity index (χ4n) is 3.45. The quantitative estimate of drug-likeness (QED) is 0.844. The molecule has 0 saturated heterocycles. The lowest BCUT2D eigenvalue weighted by Gasteiger charge is -2.21. The van der Waals surface area contributed by atoms with E-state index in [1.807, 2.05) is 18.2 Å². The Bertz CT molecular complexity index is 825. The highest BCUT2D eigenvalue weighted by Crippen LogP contribution is 2.36. The van der Waals surface area contributed by atoms with Gasteiger partial charge in [0, 0.05) is 11.6 Å². The molecule has 25 heavy (non-hydrogen) atoms. The standard InChI is InChI=1S/C20H20N2O3/c23-19(13-6-2-1-3-7-13)21-14-10-11-17-15(12-14)20(24)22-16-8-4-5-9-18(16)25-17/h4-5,8-13H,1-3,6-7H2,(H,21,23)(H,22,24). The number of hydrogen-bond donors (Lipinski definition) is 2. The van der Waals surface area contributed by atoms with Crippen LogP contribution in [0.1, 0.15) is 42.5 Å². The number of rotatable bonds is 2. The molecule has 1 fully saturated rings. The largest absolute Gasteiger partial charge is 0.454 e. The molecule has 4 rings (SSSR count). The van der Waals surface area contributed by atoms with Crippen LogP contribution < -0.4 is 15.4 Å². The lowest BCUT2D eigenvalue weighted by molar-refractivity contribution is -0.120. The lowest BCUT2D eigenvalue weighted by atomic mass is 9.88. The molecular weight excluding hydrogens is 316 g/mol. The second-order valence-corrected chi connectivity index (χ2v) is 6.59. The zero-order valence-electron chi connectivity index (χ0n) is 13.9. The summed E-state index contributed by atoms with van der Waals surface area (Å²) in [5, 5.41) is 5.80. The maximum atomic E-state index is 12.5. The molecule has 1 saturated carbocycles. The zero-order chi connectivity index (χ0) is 17.2.